The third kappa shape index (κ3) is 2.66. The Balaban J connectivity index is 1.88. The van der Waals surface area contributed by atoms with Gasteiger partial charge in [0.1, 0.15) is 0 Å². The average Bonchev–Trinajstić information content (AvgIpc) is 2.30. The zero-order valence-corrected chi connectivity index (χ0v) is 10.3. The smallest absolute Gasteiger partial charge is 0.160 e. The summed E-state index contributed by atoms with van der Waals surface area (Å²) >= 11 is 0. The molecule has 1 unspecified atom stereocenters. The molecule has 2 heteroatoms. The van der Waals surface area contributed by atoms with Gasteiger partial charge in [-0.25, -0.2) is 0 Å². The largest absolute Gasteiger partial charge is 0.385 e. The molecule has 0 amide bonds. The fourth-order valence-corrected chi connectivity index (χ4v) is 2.84. The Morgan fingerprint density at radius 1 is 1.25 bits per heavy atom. The second-order valence-electron chi connectivity index (χ2n) is 5.11. The predicted molar refractivity (Wildman–Crippen MR) is 66.2 cm³/mol. The van der Waals surface area contributed by atoms with Gasteiger partial charge in [0, 0.05) is 23.7 Å². The molecular weight excluding hydrogens is 198 g/mol. The molecule has 1 atom stereocenters. The van der Waals surface area contributed by atoms with Crippen molar-refractivity contribution in [3.05, 3.63) is 11.3 Å². The van der Waals surface area contributed by atoms with Gasteiger partial charge in [0.05, 0.1) is 0 Å². The van der Waals surface area contributed by atoms with Gasteiger partial charge in [-0.1, -0.05) is 26.2 Å². The molecule has 0 radical (unpaired) electrons. The molecular formula is C14H23NO. The fraction of sp³-hybridized carbons (Fsp3) is 0.786. The number of unbranched alkanes of at least 4 members (excludes halogenated alkanes) is 2. The number of carbonyl (C=O) groups excluding carboxylic acids is 1. The number of carbonyl (C=O) groups is 1. The molecule has 1 aliphatic heterocycles. The standard InChI is InChI=1S/C14H23NO/c1-2-3-4-6-11-9-10-12-13(15-11)7-5-8-14(12)16/h11,15H,2-10H2,1H3. The number of nitrogens with one attached hydrogen (secondary N) is 1. The second-order valence-corrected chi connectivity index (χ2v) is 5.11. The van der Waals surface area contributed by atoms with E-state index in [1.54, 1.807) is 0 Å². The van der Waals surface area contributed by atoms with Crippen LogP contribution in [0.2, 0.25) is 0 Å². The zero-order valence-electron chi connectivity index (χ0n) is 10.3. The van der Waals surface area contributed by atoms with Gasteiger partial charge >= 0.3 is 0 Å². The summed E-state index contributed by atoms with van der Waals surface area (Å²) in [6, 6.07) is 0.635. The molecule has 1 heterocycles. The molecule has 2 rings (SSSR count). The van der Waals surface area contributed by atoms with Gasteiger partial charge in [0.15, 0.2) is 5.78 Å². The van der Waals surface area contributed by atoms with Gasteiger partial charge < -0.3 is 5.32 Å². The Morgan fingerprint density at radius 3 is 2.94 bits per heavy atom. The van der Waals surface area contributed by atoms with E-state index < -0.39 is 0 Å². The third-order valence-electron chi connectivity index (χ3n) is 3.81. The lowest BCUT2D eigenvalue weighted by Gasteiger charge is -2.31. The quantitative estimate of drug-likeness (QED) is 0.738. The van der Waals surface area contributed by atoms with Gasteiger partial charge in [-0.15, -0.1) is 0 Å². The summed E-state index contributed by atoms with van der Waals surface area (Å²) in [6.07, 6.45) is 10.3. The summed E-state index contributed by atoms with van der Waals surface area (Å²) in [4.78, 5) is 11.7. The Kier molecular flexibility index (Phi) is 4.03. The Hall–Kier alpha value is -0.790. The highest BCUT2D eigenvalue weighted by Gasteiger charge is 2.26. The zero-order chi connectivity index (χ0) is 11.4. The van der Waals surface area contributed by atoms with Crippen LogP contribution in [0.4, 0.5) is 0 Å². The van der Waals surface area contributed by atoms with Crippen LogP contribution in [0, 0.1) is 0 Å². The van der Waals surface area contributed by atoms with E-state index in [9.17, 15) is 4.79 Å². The highest BCUT2D eigenvalue weighted by Crippen LogP contribution is 2.29. The van der Waals surface area contributed by atoms with Crippen molar-refractivity contribution < 1.29 is 4.79 Å². The molecule has 90 valence electrons. The topological polar surface area (TPSA) is 29.1 Å². The summed E-state index contributed by atoms with van der Waals surface area (Å²) in [7, 11) is 0. The highest BCUT2D eigenvalue weighted by atomic mass is 16.1. The minimum absolute atomic E-state index is 0.403. The van der Waals surface area contributed by atoms with Crippen LogP contribution in [0.25, 0.3) is 0 Å². The molecule has 0 saturated carbocycles. The van der Waals surface area contributed by atoms with Crippen molar-refractivity contribution >= 4 is 5.78 Å². The van der Waals surface area contributed by atoms with Gasteiger partial charge in [-0.05, 0) is 32.1 Å². The normalized spacial score (nSPS) is 25.3. The van der Waals surface area contributed by atoms with Gasteiger partial charge in [0.25, 0.3) is 0 Å². The molecule has 1 N–H and O–H groups in total. The average molecular weight is 221 g/mol. The Morgan fingerprint density at radius 2 is 2.12 bits per heavy atom. The van der Waals surface area contributed by atoms with Crippen LogP contribution >= 0.6 is 0 Å². The summed E-state index contributed by atoms with van der Waals surface area (Å²) in [5.74, 6) is 0.403. The van der Waals surface area contributed by atoms with E-state index in [0.717, 1.165) is 37.7 Å². The Bertz CT molecular complexity index is 293. The SMILES string of the molecule is CCCCCC1CCC2=C(CCCC2=O)N1. The summed E-state index contributed by atoms with van der Waals surface area (Å²) in [5.41, 5.74) is 2.40. The van der Waals surface area contributed by atoms with E-state index in [0.29, 0.717) is 11.8 Å². The number of ketones is 1. The first kappa shape index (κ1) is 11.7. The van der Waals surface area contributed by atoms with Crippen LogP contribution in [0.15, 0.2) is 11.3 Å². The maximum absolute atomic E-state index is 11.7. The van der Waals surface area contributed by atoms with Crippen LogP contribution in [0.1, 0.15) is 64.7 Å². The molecule has 16 heavy (non-hydrogen) atoms. The van der Waals surface area contributed by atoms with Crippen molar-refractivity contribution in [1.29, 1.82) is 0 Å². The lowest BCUT2D eigenvalue weighted by Crippen LogP contribution is -2.36. The molecule has 0 spiro atoms. The van der Waals surface area contributed by atoms with E-state index in [4.69, 9.17) is 0 Å². The van der Waals surface area contributed by atoms with Gasteiger partial charge in [0.2, 0.25) is 0 Å². The highest BCUT2D eigenvalue weighted by molar-refractivity contribution is 5.96. The second kappa shape index (κ2) is 5.51. The first-order valence-corrected chi connectivity index (χ1v) is 6.83. The number of hydrogen-bond donors (Lipinski definition) is 1. The molecule has 1 aliphatic carbocycles. The first-order chi connectivity index (χ1) is 7.81. The molecule has 0 aromatic heterocycles. The van der Waals surface area contributed by atoms with E-state index >= 15 is 0 Å². The predicted octanol–water partition coefficient (Wildman–Crippen LogP) is 3.33. The maximum atomic E-state index is 11.7. The van der Waals surface area contributed by atoms with Crippen molar-refractivity contribution in [2.45, 2.75) is 70.8 Å². The summed E-state index contributed by atoms with van der Waals surface area (Å²) in [6.45, 7) is 2.24. The molecule has 0 saturated heterocycles. The van der Waals surface area contributed by atoms with E-state index in [-0.39, 0.29) is 0 Å². The van der Waals surface area contributed by atoms with Crippen LogP contribution in [-0.2, 0) is 4.79 Å². The Labute approximate surface area is 98.5 Å². The summed E-state index contributed by atoms with van der Waals surface area (Å²) in [5, 5.41) is 3.60. The minimum Gasteiger partial charge on any atom is -0.385 e. The van der Waals surface area contributed by atoms with Crippen LogP contribution in [0.3, 0.4) is 0 Å². The monoisotopic (exact) mass is 221 g/mol. The lowest BCUT2D eigenvalue weighted by molar-refractivity contribution is -0.116. The minimum atomic E-state index is 0.403. The van der Waals surface area contributed by atoms with E-state index in [2.05, 4.69) is 12.2 Å². The van der Waals surface area contributed by atoms with Crippen LogP contribution in [0.5, 0.6) is 0 Å². The number of Topliss-reactive ketones (excluding diaryl/α,β-unsaturated/α-hetero) is 1. The van der Waals surface area contributed by atoms with Gasteiger partial charge in [-0.2, -0.15) is 0 Å². The molecule has 0 aromatic carbocycles. The molecule has 2 nitrogen and oxygen atoms in total. The van der Waals surface area contributed by atoms with Crippen molar-refractivity contribution in [2.24, 2.45) is 0 Å². The van der Waals surface area contributed by atoms with Crippen LogP contribution < -0.4 is 5.32 Å². The van der Waals surface area contributed by atoms with E-state index in [1.165, 1.54) is 31.4 Å². The maximum Gasteiger partial charge on any atom is 0.160 e. The lowest BCUT2D eigenvalue weighted by atomic mass is 9.86. The van der Waals surface area contributed by atoms with Crippen LogP contribution in [-0.4, -0.2) is 11.8 Å². The summed E-state index contributed by atoms with van der Waals surface area (Å²) < 4.78 is 0. The van der Waals surface area contributed by atoms with Crippen molar-refractivity contribution in [3.8, 4) is 0 Å². The van der Waals surface area contributed by atoms with Crippen molar-refractivity contribution in [3.63, 3.8) is 0 Å². The number of hydrogen-bond acceptors (Lipinski definition) is 2. The molecule has 2 aliphatic rings. The first-order valence-electron chi connectivity index (χ1n) is 6.83. The number of rotatable bonds is 4. The molecule has 0 bridgehead atoms. The van der Waals surface area contributed by atoms with Crippen molar-refractivity contribution in [1.82, 2.24) is 5.32 Å². The molecule has 0 aromatic rings. The third-order valence-corrected chi connectivity index (χ3v) is 3.81. The number of allylic oxidation sites excluding steroid dienone is 2. The fourth-order valence-electron chi connectivity index (χ4n) is 2.84. The van der Waals surface area contributed by atoms with Crippen molar-refractivity contribution in [2.75, 3.05) is 0 Å². The van der Waals surface area contributed by atoms with E-state index in [1.807, 2.05) is 0 Å². The van der Waals surface area contributed by atoms with Gasteiger partial charge in [-0.3, -0.25) is 4.79 Å². The molecule has 0 fully saturated rings.